The fourth-order valence-electron chi connectivity index (χ4n) is 2.42. The Morgan fingerprint density at radius 2 is 1.35 bits per heavy atom. The van der Waals surface area contributed by atoms with Crippen molar-refractivity contribution in [1.82, 2.24) is 0 Å². The average Bonchev–Trinajstić information content (AvgIpc) is 2.41. The summed E-state index contributed by atoms with van der Waals surface area (Å²) in [6, 6.07) is 0. The maximum absolute atomic E-state index is 10.7. The van der Waals surface area contributed by atoms with Crippen molar-refractivity contribution < 1.29 is 19.8 Å². The molecule has 0 heterocycles. The van der Waals surface area contributed by atoms with Crippen LogP contribution < -0.4 is 0 Å². The van der Waals surface area contributed by atoms with Crippen molar-refractivity contribution >= 4 is 11.9 Å². The Balaban J connectivity index is 5.30. The standard InChI is InChI=1S/C16H26O4/c1-5-15(4,10-8-13(17)18)12-16(6-2,7-3)11-9-14(19)20/h8-11H,5-7,12H2,1-4H3,(H,17,18)(H,19,20)/b10-8+,11-9+. The third-order valence-corrected chi connectivity index (χ3v) is 4.18. The zero-order valence-electron chi connectivity index (χ0n) is 12.8. The number of allylic oxidation sites excluding steroid dienone is 2. The first-order valence-corrected chi connectivity index (χ1v) is 7.07. The molecule has 0 spiro atoms. The van der Waals surface area contributed by atoms with E-state index < -0.39 is 11.9 Å². The summed E-state index contributed by atoms with van der Waals surface area (Å²) in [5.41, 5.74) is -0.473. The smallest absolute Gasteiger partial charge is 0.327 e. The van der Waals surface area contributed by atoms with E-state index in [1.165, 1.54) is 12.2 Å². The normalized spacial score (nSPS) is 15.6. The highest BCUT2D eigenvalue weighted by molar-refractivity contribution is 5.80. The summed E-state index contributed by atoms with van der Waals surface area (Å²) in [7, 11) is 0. The molecule has 2 N–H and O–H groups in total. The van der Waals surface area contributed by atoms with E-state index in [1.54, 1.807) is 12.2 Å². The lowest BCUT2D eigenvalue weighted by molar-refractivity contribution is -0.132. The lowest BCUT2D eigenvalue weighted by Gasteiger charge is -2.37. The van der Waals surface area contributed by atoms with Crippen LogP contribution in [0.1, 0.15) is 53.4 Å². The largest absolute Gasteiger partial charge is 0.478 e. The quantitative estimate of drug-likeness (QED) is 0.629. The van der Waals surface area contributed by atoms with Gasteiger partial charge in [-0.05, 0) is 36.5 Å². The fraction of sp³-hybridized carbons (Fsp3) is 0.625. The van der Waals surface area contributed by atoms with Gasteiger partial charge in [0.15, 0.2) is 0 Å². The van der Waals surface area contributed by atoms with Crippen molar-refractivity contribution in [2.24, 2.45) is 10.8 Å². The molecule has 20 heavy (non-hydrogen) atoms. The van der Waals surface area contributed by atoms with Crippen LogP contribution in [0.4, 0.5) is 0 Å². The maximum atomic E-state index is 10.7. The minimum Gasteiger partial charge on any atom is -0.478 e. The number of hydrogen-bond acceptors (Lipinski definition) is 2. The predicted molar refractivity (Wildman–Crippen MR) is 79.6 cm³/mol. The van der Waals surface area contributed by atoms with Crippen LogP contribution in [-0.4, -0.2) is 22.2 Å². The van der Waals surface area contributed by atoms with Crippen LogP contribution in [0.15, 0.2) is 24.3 Å². The summed E-state index contributed by atoms with van der Waals surface area (Å²) in [4.78, 5) is 21.5. The third kappa shape index (κ3) is 6.04. The topological polar surface area (TPSA) is 74.6 Å². The fourth-order valence-corrected chi connectivity index (χ4v) is 2.42. The van der Waals surface area contributed by atoms with Crippen LogP contribution in [0.25, 0.3) is 0 Å². The van der Waals surface area contributed by atoms with Crippen molar-refractivity contribution in [1.29, 1.82) is 0 Å². The van der Waals surface area contributed by atoms with Gasteiger partial charge in [-0.15, -0.1) is 0 Å². The molecule has 0 saturated carbocycles. The van der Waals surface area contributed by atoms with Gasteiger partial charge in [-0.2, -0.15) is 0 Å². The van der Waals surface area contributed by atoms with Crippen LogP contribution in [-0.2, 0) is 9.59 Å². The Kier molecular flexibility index (Phi) is 7.25. The van der Waals surface area contributed by atoms with Gasteiger partial charge in [0.05, 0.1) is 0 Å². The second kappa shape index (κ2) is 7.88. The third-order valence-electron chi connectivity index (χ3n) is 4.18. The Labute approximate surface area is 121 Å². The molecule has 0 aliphatic heterocycles. The average molecular weight is 282 g/mol. The molecule has 0 aliphatic rings. The molecule has 0 saturated heterocycles. The van der Waals surface area contributed by atoms with Gasteiger partial charge in [-0.3, -0.25) is 0 Å². The van der Waals surface area contributed by atoms with Crippen LogP contribution in [0.2, 0.25) is 0 Å². The second-order valence-corrected chi connectivity index (χ2v) is 5.60. The summed E-state index contributed by atoms with van der Waals surface area (Å²) >= 11 is 0. The van der Waals surface area contributed by atoms with Crippen molar-refractivity contribution in [3.05, 3.63) is 24.3 Å². The molecule has 1 unspecified atom stereocenters. The van der Waals surface area contributed by atoms with Crippen molar-refractivity contribution in [2.75, 3.05) is 0 Å². The summed E-state index contributed by atoms with van der Waals surface area (Å²) in [6.07, 6.45) is 9.05. The molecule has 1 atom stereocenters. The van der Waals surface area contributed by atoms with Crippen LogP contribution >= 0.6 is 0 Å². The number of rotatable bonds is 9. The number of carboxylic acids is 2. The molecule has 0 fully saturated rings. The molecule has 4 nitrogen and oxygen atoms in total. The molecule has 0 aromatic carbocycles. The van der Waals surface area contributed by atoms with Gasteiger partial charge in [0.2, 0.25) is 0 Å². The Morgan fingerprint density at radius 3 is 1.70 bits per heavy atom. The molecule has 0 aromatic heterocycles. The lowest BCUT2D eigenvalue weighted by Crippen LogP contribution is -2.26. The number of aliphatic carboxylic acids is 2. The summed E-state index contributed by atoms with van der Waals surface area (Å²) in [6.45, 7) is 8.10. The van der Waals surface area contributed by atoms with E-state index in [0.717, 1.165) is 25.7 Å². The Hall–Kier alpha value is -1.58. The van der Waals surface area contributed by atoms with E-state index in [-0.39, 0.29) is 10.8 Å². The molecule has 4 heteroatoms. The monoisotopic (exact) mass is 282 g/mol. The Morgan fingerprint density at radius 1 is 0.900 bits per heavy atom. The van der Waals surface area contributed by atoms with E-state index in [4.69, 9.17) is 10.2 Å². The highest BCUT2D eigenvalue weighted by atomic mass is 16.4. The van der Waals surface area contributed by atoms with E-state index in [0.29, 0.717) is 0 Å². The van der Waals surface area contributed by atoms with Gasteiger partial charge >= 0.3 is 11.9 Å². The number of carboxylic acid groups (broad SMARTS) is 2. The Bertz CT molecular complexity index is 391. The summed E-state index contributed by atoms with van der Waals surface area (Å²) in [5, 5.41) is 17.6. The van der Waals surface area contributed by atoms with Crippen LogP contribution in [0.3, 0.4) is 0 Å². The molecular weight excluding hydrogens is 256 g/mol. The second-order valence-electron chi connectivity index (χ2n) is 5.60. The molecule has 0 rings (SSSR count). The molecule has 0 aliphatic carbocycles. The molecular formula is C16H26O4. The predicted octanol–water partition coefficient (Wildman–Crippen LogP) is 3.88. The van der Waals surface area contributed by atoms with Gasteiger partial charge in [-0.1, -0.05) is 39.8 Å². The van der Waals surface area contributed by atoms with Gasteiger partial charge < -0.3 is 10.2 Å². The van der Waals surface area contributed by atoms with E-state index in [9.17, 15) is 9.59 Å². The van der Waals surface area contributed by atoms with E-state index >= 15 is 0 Å². The molecule has 0 bridgehead atoms. The lowest BCUT2D eigenvalue weighted by atomic mass is 9.67. The van der Waals surface area contributed by atoms with Crippen LogP contribution in [0, 0.1) is 10.8 Å². The zero-order chi connectivity index (χ0) is 15.8. The SMILES string of the molecule is CCC(C)(/C=C/C(=O)O)CC(/C=C/C(=O)O)(CC)CC. The van der Waals surface area contributed by atoms with Crippen molar-refractivity contribution in [3.63, 3.8) is 0 Å². The van der Waals surface area contributed by atoms with Crippen LogP contribution in [0.5, 0.6) is 0 Å². The summed E-state index contributed by atoms with van der Waals surface area (Å²) < 4.78 is 0. The molecule has 114 valence electrons. The molecule has 0 amide bonds. The molecule has 0 aromatic rings. The summed E-state index contributed by atoms with van der Waals surface area (Å²) in [5.74, 6) is -1.90. The highest BCUT2D eigenvalue weighted by Gasteiger charge is 2.32. The van der Waals surface area contributed by atoms with E-state index in [2.05, 4.69) is 0 Å². The van der Waals surface area contributed by atoms with Crippen molar-refractivity contribution in [2.45, 2.75) is 53.4 Å². The van der Waals surface area contributed by atoms with Gasteiger partial charge in [0.25, 0.3) is 0 Å². The van der Waals surface area contributed by atoms with Gasteiger partial charge in [0, 0.05) is 12.2 Å². The maximum Gasteiger partial charge on any atom is 0.327 e. The first-order chi connectivity index (χ1) is 9.22. The number of hydrogen-bond donors (Lipinski definition) is 2. The van der Waals surface area contributed by atoms with Gasteiger partial charge in [0.1, 0.15) is 0 Å². The first kappa shape index (κ1) is 18.4. The highest BCUT2D eigenvalue weighted by Crippen LogP contribution is 2.43. The number of carbonyl (C=O) groups is 2. The minimum atomic E-state index is -0.954. The molecule has 0 radical (unpaired) electrons. The zero-order valence-corrected chi connectivity index (χ0v) is 12.8. The minimum absolute atomic E-state index is 0.216. The van der Waals surface area contributed by atoms with Crippen molar-refractivity contribution in [3.8, 4) is 0 Å². The first-order valence-electron chi connectivity index (χ1n) is 7.07. The van der Waals surface area contributed by atoms with Gasteiger partial charge in [-0.25, -0.2) is 9.59 Å². The van der Waals surface area contributed by atoms with E-state index in [1.807, 2.05) is 27.7 Å².